The average molecular weight is 489 g/mol. The van der Waals surface area contributed by atoms with Crippen molar-refractivity contribution in [2.24, 2.45) is 11.8 Å². The Labute approximate surface area is 213 Å². The third-order valence-corrected chi connectivity index (χ3v) is 7.54. The normalized spacial score (nSPS) is 19.1. The summed E-state index contributed by atoms with van der Waals surface area (Å²) >= 11 is 0. The number of hydrogen-bond donors (Lipinski definition) is 0. The summed E-state index contributed by atoms with van der Waals surface area (Å²) in [6, 6.07) is 12.0. The van der Waals surface area contributed by atoms with Crippen molar-refractivity contribution >= 4 is 5.91 Å². The number of aryl methyl sites for hydroxylation is 2. The molecule has 7 nitrogen and oxygen atoms in total. The van der Waals surface area contributed by atoms with Crippen LogP contribution in [0.25, 0.3) is 11.5 Å². The molecular weight excluding hydrogens is 452 g/mol. The van der Waals surface area contributed by atoms with Gasteiger partial charge in [-0.3, -0.25) is 14.7 Å². The molecule has 0 bridgehead atoms. The number of oxazole rings is 1. The number of carbonyl (C=O) groups excluding carboxylic acids is 1. The highest BCUT2D eigenvalue weighted by Crippen LogP contribution is 2.28. The minimum absolute atomic E-state index is 0.134. The predicted octanol–water partition coefficient (Wildman–Crippen LogP) is 4.88. The highest BCUT2D eigenvalue weighted by atomic mass is 16.5. The van der Waals surface area contributed by atoms with Crippen molar-refractivity contribution in [3.8, 4) is 17.2 Å². The Bertz CT molecular complexity index is 1140. The van der Waals surface area contributed by atoms with Crippen LogP contribution in [0.15, 0.2) is 53.2 Å². The monoisotopic (exact) mass is 488 g/mol. The lowest BCUT2D eigenvalue weighted by Crippen LogP contribution is -2.41. The summed E-state index contributed by atoms with van der Waals surface area (Å²) in [5, 5.41) is 0. The van der Waals surface area contributed by atoms with E-state index in [0.717, 1.165) is 81.2 Å². The van der Waals surface area contributed by atoms with E-state index in [1.54, 1.807) is 12.4 Å². The van der Waals surface area contributed by atoms with Crippen LogP contribution in [0.5, 0.6) is 5.75 Å². The summed E-state index contributed by atoms with van der Waals surface area (Å²) < 4.78 is 11.8. The first-order valence-electron chi connectivity index (χ1n) is 13.1. The van der Waals surface area contributed by atoms with Crippen LogP contribution in [-0.4, -0.2) is 58.5 Å². The zero-order valence-corrected chi connectivity index (χ0v) is 21.4. The molecule has 2 aliphatic heterocycles. The van der Waals surface area contributed by atoms with Crippen molar-refractivity contribution in [3.05, 3.63) is 65.8 Å². The van der Waals surface area contributed by atoms with Gasteiger partial charge in [0.05, 0.1) is 12.3 Å². The van der Waals surface area contributed by atoms with Crippen LogP contribution in [0.3, 0.4) is 0 Å². The standard InChI is InChI=1S/C29H36N4O3/c1-21-3-5-24(6-4-21)28-31-27(22(2)36-28)20-32-15-10-25(11-16-32)29(34)33-17-9-23(19-33)12-18-35-26-7-13-30-14-8-26/h3-8,13-14,23,25H,9-12,15-20H2,1-2H3. The van der Waals surface area contributed by atoms with Gasteiger partial charge in [0.2, 0.25) is 11.8 Å². The number of aromatic nitrogens is 2. The van der Waals surface area contributed by atoms with E-state index in [-0.39, 0.29) is 5.92 Å². The van der Waals surface area contributed by atoms with Crippen LogP contribution in [0, 0.1) is 25.7 Å². The number of carbonyl (C=O) groups is 1. The minimum atomic E-state index is 0.134. The van der Waals surface area contributed by atoms with Crippen LogP contribution >= 0.6 is 0 Å². The van der Waals surface area contributed by atoms with Crippen molar-refractivity contribution < 1.29 is 13.9 Å². The molecule has 1 amide bonds. The number of amides is 1. The van der Waals surface area contributed by atoms with Gasteiger partial charge in [0.1, 0.15) is 11.5 Å². The third-order valence-electron chi connectivity index (χ3n) is 7.54. The van der Waals surface area contributed by atoms with Crippen molar-refractivity contribution in [2.75, 3.05) is 32.8 Å². The van der Waals surface area contributed by atoms with Crippen molar-refractivity contribution in [3.63, 3.8) is 0 Å². The summed E-state index contributed by atoms with van der Waals surface area (Å²) in [5.41, 5.74) is 3.22. The summed E-state index contributed by atoms with van der Waals surface area (Å²) in [7, 11) is 0. The smallest absolute Gasteiger partial charge is 0.226 e. The number of likely N-dealkylation sites (tertiary alicyclic amines) is 2. The molecule has 0 saturated carbocycles. The quantitative estimate of drug-likeness (QED) is 0.450. The Kier molecular flexibility index (Phi) is 7.66. The first kappa shape index (κ1) is 24.5. The van der Waals surface area contributed by atoms with E-state index in [4.69, 9.17) is 14.1 Å². The van der Waals surface area contributed by atoms with Gasteiger partial charge in [0.25, 0.3) is 0 Å². The number of pyridine rings is 1. The average Bonchev–Trinajstić information content (AvgIpc) is 3.52. The molecule has 3 aromatic rings. The first-order chi connectivity index (χ1) is 17.5. The Balaban J connectivity index is 1.06. The molecule has 7 heteroatoms. The molecule has 0 spiro atoms. The number of piperidine rings is 1. The van der Waals surface area contributed by atoms with E-state index < -0.39 is 0 Å². The van der Waals surface area contributed by atoms with Gasteiger partial charge in [-0.05, 0) is 82.8 Å². The number of benzene rings is 1. The fourth-order valence-corrected chi connectivity index (χ4v) is 5.25. The number of hydrogen-bond acceptors (Lipinski definition) is 6. The molecule has 2 aromatic heterocycles. The second-order valence-electron chi connectivity index (χ2n) is 10.2. The van der Waals surface area contributed by atoms with Crippen LogP contribution < -0.4 is 4.74 Å². The maximum atomic E-state index is 13.2. The summed E-state index contributed by atoms with van der Waals surface area (Å²) in [5.74, 6) is 3.41. The van der Waals surface area contributed by atoms with E-state index in [0.29, 0.717) is 24.3 Å². The Hall–Kier alpha value is -3.19. The van der Waals surface area contributed by atoms with E-state index in [1.165, 1.54) is 5.56 Å². The van der Waals surface area contributed by atoms with Crippen LogP contribution in [0.4, 0.5) is 0 Å². The zero-order chi connectivity index (χ0) is 24.9. The fraction of sp³-hybridized carbons (Fsp3) is 0.483. The van der Waals surface area contributed by atoms with Gasteiger partial charge in [0.15, 0.2) is 0 Å². The minimum Gasteiger partial charge on any atom is -0.493 e. The lowest BCUT2D eigenvalue weighted by molar-refractivity contribution is -0.136. The molecule has 36 heavy (non-hydrogen) atoms. The Morgan fingerprint density at radius 3 is 2.53 bits per heavy atom. The van der Waals surface area contributed by atoms with Gasteiger partial charge in [-0.1, -0.05) is 17.7 Å². The molecule has 0 N–H and O–H groups in total. The van der Waals surface area contributed by atoms with E-state index in [9.17, 15) is 4.79 Å². The van der Waals surface area contributed by atoms with Crippen molar-refractivity contribution in [2.45, 2.75) is 46.1 Å². The first-order valence-corrected chi connectivity index (χ1v) is 13.1. The highest BCUT2D eigenvalue weighted by Gasteiger charge is 2.33. The Morgan fingerprint density at radius 2 is 1.78 bits per heavy atom. The summed E-state index contributed by atoms with van der Waals surface area (Å²) in [4.78, 5) is 26.5. The predicted molar refractivity (Wildman–Crippen MR) is 138 cm³/mol. The van der Waals surface area contributed by atoms with E-state index in [1.807, 2.05) is 19.1 Å². The molecule has 1 unspecified atom stereocenters. The molecule has 2 fully saturated rings. The third kappa shape index (κ3) is 5.95. The number of ether oxygens (including phenoxy) is 1. The SMILES string of the molecule is Cc1ccc(-c2nc(CN3CCC(C(=O)N4CCC(CCOc5ccncc5)C4)CC3)c(C)o2)cc1. The highest BCUT2D eigenvalue weighted by molar-refractivity contribution is 5.79. The number of rotatable bonds is 8. The lowest BCUT2D eigenvalue weighted by atomic mass is 9.95. The largest absolute Gasteiger partial charge is 0.493 e. The Morgan fingerprint density at radius 1 is 1.03 bits per heavy atom. The molecule has 1 atom stereocenters. The number of nitrogens with zero attached hydrogens (tertiary/aromatic N) is 4. The van der Waals surface area contributed by atoms with Gasteiger partial charge in [-0.15, -0.1) is 0 Å². The molecule has 0 radical (unpaired) electrons. The molecule has 2 saturated heterocycles. The second-order valence-corrected chi connectivity index (χ2v) is 10.2. The van der Waals surface area contributed by atoms with E-state index in [2.05, 4.69) is 46.0 Å². The van der Waals surface area contributed by atoms with Crippen molar-refractivity contribution in [1.82, 2.24) is 19.8 Å². The van der Waals surface area contributed by atoms with Gasteiger partial charge in [0, 0.05) is 43.5 Å². The maximum Gasteiger partial charge on any atom is 0.226 e. The molecule has 4 heterocycles. The van der Waals surface area contributed by atoms with Crippen LogP contribution in [0.2, 0.25) is 0 Å². The summed E-state index contributed by atoms with van der Waals surface area (Å²) in [6.07, 6.45) is 7.35. The van der Waals surface area contributed by atoms with Crippen LogP contribution in [-0.2, 0) is 11.3 Å². The molecule has 1 aromatic carbocycles. The topological polar surface area (TPSA) is 71.7 Å². The van der Waals surface area contributed by atoms with Gasteiger partial charge >= 0.3 is 0 Å². The second kappa shape index (κ2) is 11.2. The zero-order valence-electron chi connectivity index (χ0n) is 21.4. The van der Waals surface area contributed by atoms with Gasteiger partial charge in [-0.2, -0.15) is 0 Å². The molecule has 5 rings (SSSR count). The lowest BCUT2D eigenvalue weighted by Gasteiger charge is -2.32. The fourth-order valence-electron chi connectivity index (χ4n) is 5.25. The van der Waals surface area contributed by atoms with Crippen molar-refractivity contribution in [1.29, 1.82) is 0 Å². The summed E-state index contributed by atoms with van der Waals surface area (Å²) in [6.45, 7) is 9.08. The molecule has 0 aliphatic carbocycles. The van der Waals surface area contributed by atoms with Gasteiger partial charge in [-0.25, -0.2) is 4.98 Å². The van der Waals surface area contributed by atoms with E-state index >= 15 is 0 Å². The van der Waals surface area contributed by atoms with Gasteiger partial charge < -0.3 is 14.1 Å². The molecular formula is C29H36N4O3. The molecule has 2 aliphatic rings. The molecule has 190 valence electrons. The van der Waals surface area contributed by atoms with Crippen LogP contribution in [0.1, 0.15) is 42.7 Å². The maximum absolute atomic E-state index is 13.2.